The third kappa shape index (κ3) is 1.79. The maximum absolute atomic E-state index is 4.51. The molecule has 0 aromatic heterocycles. The first kappa shape index (κ1) is 9.25. The molecule has 1 atom stereocenters. The van der Waals surface area contributed by atoms with Crippen LogP contribution in [0.15, 0.2) is 35.3 Å². The lowest BCUT2D eigenvalue weighted by atomic mass is 10.1. The molecule has 0 spiro atoms. The van der Waals surface area contributed by atoms with Gasteiger partial charge < -0.3 is 5.32 Å². The van der Waals surface area contributed by atoms with E-state index in [0.717, 1.165) is 12.4 Å². The number of nitrogens with one attached hydrogen (secondary N) is 1. The first-order chi connectivity index (χ1) is 6.77. The van der Waals surface area contributed by atoms with Crippen molar-refractivity contribution in [2.75, 3.05) is 6.54 Å². The van der Waals surface area contributed by atoms with Crippen LogP contribution >= 0.6 is 0 Å². The normalized spacial score (nSPS) is 20.8. The second kappa shape index (κ2) is 3.82. The Hall–Kier alpha value is -1.31. The van der Waals surface area contributed by atoms with Crippen LogP contribution in [-0.4, -0.2) is 18.4 Å². The second-order valence-corrected chi connectivity index (χ2v) is 4.05. The van der Waals surface area contributed by atoms with Crippen molar-refractivity contribution in [2.24, 2.45) is 10.9 Å². The summed E-state index contributed by atoms with van der Waals surface area (Å²) < 4.78 is 0. The zero-order valence-electron chi connectivity index (χ0n) is 8.70. The highest BCUT2D eigenvalue weighted by Crippen LogP contribution is 2.11. The molecular weight excluding hydrogens is 172 g/mol. The smallest absolute Gasteiger partial charge is 0.128 e. The average molecular weight is 188 g/mol. The minimum absolute atomic E-state index is 0.505. The number of rotatable bonds is 2. The summed E-state index contributed by atoms with van der Waals surface area (Å²) in [7, 11) is 0. The molecule has 1 aliphatic rings. The molecule has 0 saturated heterocycles. The lowest BCUT2D eigenvalue weighted by molar-refractivity contribution is 0.484. The summed E-state index contributed by atoms with van der Waals surface area (Å²) in [6.07, 6.45) is 0. The van der Waals surface area contributed by atoms with E-state index in [2.05, 4.69) is 36.3 Å². The summed E-state index contributed by atoms with van der Waals surface area (Å²) in [5, 5.41) is 3.46. The monoisotopic (exact) mass is 188 g/mol. The van der Waals surface area contributed by atoms with E-state index in [1.165, 1.54) is 5.56 Å². The molecule has 1 N–H and O–H groups in total. The standard InChI is InChI=1S/C12H16N2/c1-9(2)11-8-13-12(14-11)10-6-4-3-5-7-10/h3-7,9,11H,8H2,1-2H3,(H,13,14)/t11-/m1/s1. The molecule has 1 aromatic carbocycles. The van der Waals surface area contributed by atoms with E-state index in [0.29, 0.717) is 12.0 Å². The van der Waals surface area contributed by atoms with Gasteiger partial charge in [-0.3, -0.25) is 4.99 Å². The number of hydrogen-bond acceptors (Lipinski definition) is 2. The van der Waals surface area contributed by atoms with Crippen LogP contribution in [0.4, 0.5) is 0 Å². The minimum atomic E-state index is 0.505. The number of nitrogens with zero attached hydrogens (tertiary/aromatic N) is 1. The molecule has 14 heavy (non-hydrogen) atoms. The van der Waals surface area contributed by atoms with Crippen LogP contribution in [0.3, 0.4) is 0 Å². The number of benzene rings is 1. The summed E-state index contributed by atoms with van der Waals surface area (Å²) in [6.45, 7) is 5.35. The Morgan fingerprint density at radius 3 is 2.57 bits per heavy atom. The quantitative estimate of drug-likeness (QED) is 0.754. The summed E-state index contributed by atoms with van der Waals surface area (Å²) in [5.74, 6) is 1.68. The fraction of sp³-hybridized carbons (Fsp3) is 0.417. The van der Waals surface area contributed by atoms with E-state index in [9.17, 15) is 0 Å². The van der Waals surface area contributed by atoms with Gasteiger partial charge in [0.15, 0.2) is 0 Å². The van der Waals surface area contributed by atoms with Crippen molar-refractivity contribution in [3.63, 3.8) is 0 Å². The SMILES string of the molecule is CC(C)[C@H]1CN=C(c2ccccc2)N1. The highest BCUT2D eigenvalue weighted by molar-refractivity contribution is 6.00. The first-order valence-electron chi connectivity index (χ1n) is 5.14. The van der Waals surface area contributed by atoms with Gasteiger partial charge in [0, 0.05) is 11.6 Å². The molecule has 0 amide bonds. The van der Waals surface area contributed by atoms with Gasteiger partial charge in [-0.1, -0.05) is 44.2 Å². The van der Waals surface area contributed by atoms with Crippen molar-refractivity contribution >= 4 is 5.84 Å². The third-order valence-electron chi connectivity index (χ3n) is 2.62. The van der Waals surface area contributed by atoms with E-state index < -0.39 is 0 Å². The molecule has 0 unspecified atom stereocenters. The fourth-order valence-electron chi connectivity index (χ4n) is 1.60. The van der Waals surface area contributed by atoms with Crippen molar-refractivity contribution in [1.82, 2.24) is 5.32 Å². The van der Waals surface area contributed by atoms with Gasteiger partial charge >= 0.3 is 0 Å². The van der Waals surface area contributed by atoms with E-state index in [-0.39, 0.29) is 0 Å². The van der Waals surface area contributed by atoms with Crippen LogP contribution in [0.25, 0.3) is 0 Å². The molecule has 1 aromatic rings. The fourth-order valence-corrected chi connectivity index (χ4v) is 1.60. The average Bonchev–Trinajstić information content (AvgIpc) is 2.68. The molecule has 0 aliphatic carbocycles. The van der Waals surface area contributed by atoms with Gasteiger partial charge in [-0.05, 0) is 5.92 Å². The summed E-state index contributed by atoms with van der Waals surface area (Å²) in [4.78, 5) is 4.51. The summed E-state index contributed by atoms with van der Waals surface area (Å²) >= 11 is 0. The van der Waals surface area contributed by atoms with Crippen molar-refractivity contribution in [2.45, 2.75) is 19.9 Å². The number of hydrogen-bond donors (Lipinski definition) is 1. The topological polar surface area (TPSA) is 24.4 Å². The van der Waals surface area contributed by atoms with Gasteiger partial charge in [0.2, 0.25) is 0 Å². The van der Waals surface area contributed by atoms with Crippen LogP contribution in [0.5, 0.6) is 0 Å². The summed E-state index contributed by atoms with van der Waals surface area (Å²) in [6, 6.07) is 10.8. The largest absolute Gasteiger partial charge is 0.365 e. The van der Waals surface area contributed by atoms with Crippen LogP contribution in [-0.2, 0) is 0 Å². The van der Waals surface area contributed by atoms with Gasteiger partial charge in [0.05, 0.1) is 6.54 Å². The molecule has 0 radical (unpaired) electrons. The van der Waals surface area contributed by atoms with Gasteiger partial charge in [-0.15, -0.1) is 0 Å². The van der Waals surface area contributed by atoms with Crippen LogP contribution in [0, 0.1) is 5.92 Å². The predicted molar refractivity (Wildman–Crippen MR) is 59.6 cm³/mol. The Morgan fingerprint density at radius 1 is 1.29 bits per heavy atom. The maximum atomic E-state index is 4.51. The molecule has 1 aliphatic heterocycles. The van der Waals surface area contributed by atoms with Gasteiger partial charge in [-0.25, -0.2) is 0 Å². The molecule has 74 valence electrons. The molecule has 1 heterocycles. The highest BCUT2D eigenvalue weighted by Gasteiger charge is 2.20. The Kier molecular flexibility index (Phi) is 2.53. The Morgan fingerprint density at radius 2 is 2.00 bits per heavy atom. The number of aliphatic imine (C=N–C) groups is 1. The highest BCUT2D eigenvalue weighted by atomic mass is 15.1. The zero-order valence-corrected chi connectivity index (χ0v) is 8.70. The van der Waals surface area contributed by atoms with Crippen molar-refractivity contribution in [3.8, 4) is 0 Å². The molecule has 2 rings (SSSR count). The van der Waals surface area contributed by atoms with Crippen molar-refractivity contribution in [3.05, 3.63) is 35.9 Å². The number of amidine groups is 1. The van der Waals surface area contributed by atoms with E-state index >= 15 is 0 Å². The molecule has 2 heteroatoms. The predicted octanol–water partition coefficient (Wildman–Crippen LogP) is 2.06. The molecular formula is C12H16N2. The first-order valence-corrected chi connectivity index (χ1v) is 5.14. The molecule has 0 fully saturated rings. The zero-order chi connectivity index (χ0) is 9.97. The minimum Gasteiger partial charge on any atom is -0.365 e. The third-order valence-corrected chi connectivity index (χ3v) is 2.62. The van der Waals surface area contributed by atoms with Crippen LogP contribution in [0.2, 0.25) is 0 Å². The Labute approximate surface area is 85.1 Å². The van der Waals surface area contributed by atoms with Crippen molar-refractivity contribution in [1.29, 1.82) is 0 Å². The molecule has 2 nitrogen and oxygen atoms in total. The maximum Gasteiger partial charge on any atom is 0.128 e. The van der Waals surface area contributed by atoms with Crippen LogP contribution < -0.4 is 5.32 Å². The van der Waals surface area contributed by atoms with E-state index in [4.69, 9.17) is 0 Å². The molecule has 0 saturated carbocycles. The molecule has 0 bridgehead atoms. The Balaban J connectivity index is 2.09. The van der Waals surface area contributed by atoms with E-state index in [1.807, 2.05) is 18.2 Å². The van der Waals surface area contributed by atoms with Crippen molar-refractivity contribution < 1.29 is 0 Å². The lowest BCUT2D eigenvalue weighted by Crippen LogP contribution is -2.34. The Bertz CT molecular complexity index is 327. The van der Waals surface area contributed by atoms with Gasteiger partial charge in [0.25, 0.3) is 0 Å². The second-order valence-electron chi connectivity index (χ2n) is 4.05. The van der Waals surface area contributed by atoms with E-state index in [1.54, 1.807) is 0 Å². The van der Waals surface area contributed by atoms with Gasteiger partial charge in [-0.2, -0.15) is 0 Å². The lowest BCUT2D eigenvalue weighted by Gasteiger charge is -2.15. The van der Waals surface area contributed by atoms with Crippen LogP contribution in [0.1, 0.15) is 19.4 Å². The van der Waals surface area contributed by atoms with Gasteiger partial charge in [0.1, 0.15) is 5.84 Å². The summed E-state index contributed by atoms with van der Waals surface area (Å²) in [5.41, 5.74) is 1.19.